The SMILES string of the molecule is CC1=NN(C)CC1.CNc1nc(-c2ccccc2)cs1.NCC=O. The van der Waals surface area contributed by atoms with Gasteiger partial charge in [-0.05, 0) is 6.92 Å². The van der Waals surface area contributed by atoms with Crippen LogP contribution in [0, 0.1) is 0 Å². The van der Waals surface area contributed by atoms with Crippen molar-refractivity contribution < 1.29 is 4.79 Å². The molecule has 3 N–H and O–H groups in total. The fourth-order valence-corrected chi connectivity index (χ4v) is 2.53. The number of aldehydes is 1. The van der Waals surface area contributed by atoms with Crippen molar-refractivity contribution in [3.63, 3.8) is 0 Å². The topological polar surface area (TPSA) is 83.6 Å². The molecule has 0 amide bonds. The summed E-state index contributed by atoms with van der Waals surface area (Å²) in [6.45, 7) is 3.30. The molecule has 0 radical (unpaired) electrons. The maximum absolute atomic E-state index is 9.05. The molecule has 2 aromatic rings. The number of thiazole rings is 1. The number of hydrazone groups is 1. The van der Waals surface area contributed by atoms with Crippen LogP contribution in [0.3, 0.4) is 0 Å². The Balaban J connectivity index is 0.000000220. The van der Waals surface area contributed by atoms with Crippen molar-refractivity contribution in [1.29, 1.82) is 0 Å². The lowest BCUT2D eigenvalue weighted by molar-refractivity contribution is -0.106. The monoisotopic (exact) mass is 347 g/mol. The number of anilines is 1. The molecule has 1 aliphatic rings. The van der Waals surface area contributed by atoms with E-state index in [4.69, 9.17) is 4.79 Å². The van der Waals surface area contributed by atoms with Gasteiger partial charge in [-0.1, -0.05) is 30.3 Å². The molecule has 2 heterocycles. The predicted molar refractivity (Wildman–Crippen MR) is 103 cm³/mol. The largest absolute Gasteiger partial charge is 0.365 e. The van der Waals surface area contributed by atoms with Crippen molar-refractivity contribution in [2.45, 2.75) is 13.3 Å². The second-order valence-corrected chi connectivity index (χ2v) is 5.88. The maximum atomic E-state index is 9.05. The summed E-state index contributed by atoms with van der Waals surface area (Å²) in [5.74, 6) is 0. The minimum absolute atomic E-state index is 0.139. The Kier molecular flexibility index (Phi) is 9.33. The molecule has 0 aliphatic carbocycles. The van der Waals surface area contributed by atoms with Crippen LogP contribution in [0.2, 0.25) is 0 Å². The lowest BCUT2D eigenvalue weighted by atomic mass is 10.2. The van der Waals surface area contributed by atoms with Gasteiger partial charge < -0.3 is 15.8 Å². The van der Waals surface area contributed by atoms with Crippen molar-refractivity contribution >= 4 is 28.5 Å². The Bertz CT molecular complexity index is 627. The number of nitrogens with one attached hydrogen (secondary N) is 1. The number of nitrogens with two attached hydrogens (primary N) is 1. The zero-order chi connectivity index (χ0) is 17.8. The molecule has 0 fully saturated rings. The smallest absolute Gasteiger partial charge is 0.182 e. The molecule has 1 aliphatic heterocycles. The van der Waals surface area contributed by atoms with Gasteiger partial charge in [0.2, 0.25) is 0 Å². The van der Waals surface area contributed by atoms with E-state index in [0.717, 1.165) is 23.8 Å². The molecule has 0 saturated heterocycles. The van der Waals surface area contributed by atoms with Crippen molar-refractivity contribution in [2.24, 2.45) is 10.8 Å². The van der Waals surface area contributed by atoms with Crippen LogP contribution in [0.1, 0.15) is 13.3 Å². The van der Waals surface area contributed by atoms with Gasteiger partial charge in [-0.3, -0.25) is 5.01 Å². The van der Waals surface area contributed by atoms with Gasteiger partial charge in [0, 0.05) is 50.3 Å². The Labute approximate surface area is 147 Å². The van der Waals surface area contributed by atoms with Gasteiger partial charge in [0.25, 0.3) is 0 Å². The van der Waals surface area contributed by atoms with Crippen molar-refractivity contribution in [1.82, 2.24) is 9.99 Å². The lowest BCUT2D eigenvalue weighted by Crippen LogP contribution is -2.04. The van der Waals surface area contributed by atoms with Gasteiger partial charge in [0.15, 0.2) is 5.13 Å². The molecule has 0 unspecified atom stereocenters. The van der Waals surface area contributed by atoms with Crippen molar-refractivity contribution in [2.75, 3.05) is 32.5 Å². The number of carbonyl (C=O) groups excluding carboxylic acids is 1. The zero-order valence-electron chi connectivity index (χ0n) is 14.4. The lowest BCUT2D eigenvalue weighted by Gasteiger charge is -2.00. The van der Waals surface area contributed by atoms with E-state index in [0.29, 0.717) is 6.29 Å². The van der Waals surface area contributed by atoms with Crippen molar-refractivity contribution in [3.05, 3.63) is 35.7 Å². The number of nitrogens with zero attached hydrogens (tertiary/aromatic N) is 3. The molecule has 0 atom stereocenters. The first-order valence-electron chi connectivity index (χ1n) is 7.68. The van der Waals surface area contributed by atoms with E-state index in [1.54, 1.807) is 11.3 Å². The minimum atomic E-state index is 0.139. The molecular weight excluding hydrogens is 322 g/mol. The third-order valence-corrected chi connectivity index (χ3v) is 3.88. The fraction of sp³-hybridized carbons (Fsp3) is 0.353. The van der Waals surface area contributed by atoms with Crippen LogP contribution in [0.25, 0.3) is 11.3 Å². The summed E-state index contributed by atoms with van der Waals surface area (Å²) in [7, 11) is 3.88. The van der Waals surface area contributed by atoms with E-state index in [9.17, 15) is 0 Å². The van der Waals surface area contributed by atoms with Crippen LogP contribution in [0.5, 0.6) is 0 Å². The zero-order valence-corrected chi connectivity index (χ0v) is 15.2. The van der Waals surface area contributed by atoms with Crippen LogP contribution in [-0.4, -0.2) is 49.2 Å². The van der Waals surface area contributed by atoms with Crippen molar-refractivity contribution in [3.8, 4) is 11.3 Å². The van der Waals surface area contributed by atoms with E-state index < -0.39 is 0 Å². The summed E-state index contributed by atoms with van der Waals surface area (Å²) in [6, 6.07) is 10.2. The Morgan fingerprint density at radius 3 is 2.42 bits per heavy atom. The third-order valence-electron chi connectivity index (χ3n) is 3.02. The van der Waals surface area contributed by atoms with E-state index >= 15 is 0 Å². The third kappa shape index (κ3) is 7.34. The van der Waals surface area contributed by atoms with Gasteiger partial charge in [-0.15, -0.1) is 11.3 Å². The highest BCUT2D eigenvalue weighted by atomic mass is 32.1. The molecule has 1 aromatic heterocycles. The second kappa shape index (κ2) is 11.3. The normalized spacial score (nSPS) is 12.3. The highest BCUT2D eigenvalue weighted by molar-refractivity contribution is 7.14. The van der Waals surface area contributed by atoms with Gasteiger partial charge in [0.1, 0.15) is 6.29 Å². The van der Waals surface area contributed by atoms with E-state index in [1.165, 1.54) is 11.3 Å². The highest BCUT2D eigenvalue weighted by Gasteiger charge is 2.03. The Morgan fingerprint density at radius 1 is 1.38 bits per heavy atom. The fourth-order valence-electron chi connectivity index (χ4n) is 1.85. The molecule has 130 valence electrons. The van der Waals surface area contributed by atoms with E-state index in [1.807, 2.05) is 37.3 Å². The molecule has 3 rings (SSSR count). The number of hydrogen-bond donors (Lipinski definition) is 2. The average molecular weight is 347 g/mol. The molecular formula is C17H25N5OS. The molecule has 0 bridgehead atoms. The van der Waals surface area contributed by atoms with Gasteiger partial charge >= 0.3 is 0 Å². The van der Waals surface area contributed by atoms with E-state index in [-0.39, 0.29) is 6.54 Å². The average Bonchev–Trinajstić information content (AvgIpc) is 3.25. The first kappa shape index (κ1) is 19.8. The van der Waals surface area contributed by atoms with Crippen LogP contribution in [0.15, 0.2) is 40.8 Å². The number of rotatable bonds is 3. The van der Waals surface area contributed by atoms with Crippen LogP contribution < -0.4 is 11.1 Å². The number of aromatic nitrogens is 1. The summed E-state index contributed by atoms with van der Waals surface area (Å²) < 4.78 is 0. The van der Waals surface area contributed by atoms with Crippen LogP contribution in [-0.2, 0) is 4.79 Å². The van der Waals surface area contributed by atoms with E-state index in [2.05, 4.69) is 45.6 Å². The first-order valence-corrected chi connectivity index (χ1v) is 8.56. The summed E-state index contributed by atoms with van der Waals surface area (Å²) in [5.41, 5.74) is 8.12. The number of benzene rings is 1. The summed E-state index contributed by atoms with van der Waals surface area (Å²) >= 11 is 1.62. The van der Waals surface area contributed by atoms with Gasteiger partial charge in [-0.25, -0.2) is 4.98 Å². The summed E-state index contributed by atoms with van der Waals surface area (Å²) in [5, 5.41) is 12.1. The molecule has 6 nitrogen and oxygen atoms in total. The quantitative estimate of drug-likeness (QED) is 0.834. The molecule has 7 heteroatoms. The molecule has 24 heavy (non-hydrogen) atoms. The number of hydrogen-bond acceptors (Lipinski definition) is 7. The standard InChI is InChI=1S/C10H10N2S.C5H10N2.C2H5NO/c1-11-10-12-9(7-13-10)8-5-3-2-4-6-8;1-5-3-4-7(2)6-5;3-1-2-4/h2-7H,1H3,(H,11,12);3-4H2,1-2H3;2H,1,3H2. The molecule has 0 spiro atoms. The Morgan fingerprint density at radius 2 is 2.04 bits per heavy atom. The summed E-state index contributed by atoms with van der Waals surface area (Å²) in [6.07, 6.45) is 1.80. The molecule has 0 saturated carbocycles. The highest BCUT2D eigenvalue weighted by Crippen LogP contribution is 2.23. The Hall–Kier alpha value is -2.25. The second-order valence-electron chi connectivity index (χ2n) is 5.02. The van der Waals surface area contributed by atoms with Crippen LogP contribution >= 0.6 is 11.3 Å². The predicted octanol–water partition coefficient (Wildman–Crippen LogP) is 2.69. The maximum Gasteiger partial charge on any atom is 0.182 e. The molecule has 1 aromatic carbocycles. The number of carbonyl (C=O) groups is 1. The summed E-state index contributed by atoms with van der Waals surface area (Å²) in [4.78, 5) is 13.5. The first-order chi connectivity index (χ1) is 11.6. The van der Waals surface area contributed by atoms with Crippen LogP contribution in [0.4, 0.5) is 5.13 Å². The van der Waals surface area contributed by atoms with Gasteiger partial charge in [-0.2, -0.15) is 5.10 Å². The van der Waals surface area contributed by atoms with Gasteiger partial charge in [0.05, 0.1) is 5.69 Å². The minimum Gasteiger partial charge on any atom is -0.365 e.